The molecule has 0 saturated heterocycles. The van der Waals surface area contributed by atoms with Gasteiger partial charge >= 0.3 is 5.97 Å². The van der Waals surface area contributed by atoms with E-state index in [9.17, 15) is 4.79 Å². The molecule has 0 aliphatic carbocycles. The highest BCUT2D eigenvalue weighted by Gasteiger charge is 2.08. The Morgan fingerprint density at radius 2 is 1.92 bits per heavy atom. The Morgan fingerprint density at radius 1 is 1.17 bits per heavy atom. The van der Waals surface area contributed by atoms with Crippen molar-refractivity contribution in [1.29, 1.82) is 0 Å². The molecule has 1 rings (SSSR count). The number of ether oxygens (including phenoxy) is 2. The summed E-state index contributed by atoms with van der Waals surface area (Å²) in [6.07, 6.45) is 6.32. The number of hydrogen-bond acceptors (Lipinski definition) is 3. The van der Waals surface area contributed by atoms with Gasteiger partial charge in [-0.3, -0.25) is 0 Å². The molecule has 0 bridgehead atoms. The molecule has 0 fully saturated rings. The quantitative estimate of drug-likeness (QED) is 0.464. The van der Waals surface area contributed by atoms with Crippen molar-refractivity contribution < 1.29 is 19.4 Å². The summed E-state index contributed by atoms with van der Waals surface area (Å²) in [5, 5.41) is 8.74. The Kier molecular flexibility index (Phi) is 11.5. The first-order valence-corrected chi connectivity index (χ1v) is 8.65. The number of rotatable bonds is 12. The first-order valence-electron chi connectivity index (χ1n) is 8.65. The molecule has 0 aliphatic rings. The largest absolute Gasteiger partial charge is 0.480 e. The fourth-order valence-corrected chi connectivity index (χ4v) is 2.16. The van der Waals surface area contributed by atoms with Gasteiger partial charge in [-0.25, -0.2) is 4.79 Å². The second-order valence-corrected chi connectivity index (χ2v) is 5.68. The molecule has 4 heteroatoms. The zero-order chi connectivity index (χ0) is 17.5. The van der Waals surface area contributed by atoms with Gasteiger partial charge in [0.1, 0.15) is 12.7 Å². The van der Waals surface area contributed by atoms with Crippen molar-refractivity contribution >= 4 is 5.97 Å². The number of carboxylic acids is 1. The molecular formula is C20H28O4. The summed E-state index contributed by atoms with van der Waals surface area (Å²) in [5.41, 5.74) is 1.07. The van der Waals surface area contributed by atoms with Gasteiger partial charge in [0.05, 0.1) is 13.2 Å². The summed E-state index contributed by atoms with van der Waals surface area (Å²) in [7, 11) is 0. The molecule has 0 radical (unpaired) electrons. The molecule has 1 aromatic carbocycles. The van der Waals surface area contributed by atoms with E-state index in [2.05, 4.69) is 18.8 Å². The third-order valence-corrected chi connectivity index (χ3v) is 3.46. The van der Waals surface area contributed by atoms with Gasteiger partial charge in [-0.05, 0) is 12.0 Å². The van der Waals surface area contributed by atoms with Crippen LogP contribution in [0, 0.1) is 11.8 Å². The summed E-state index contributed by atoms with van der Waals surface area (Å²) < 4.78 is 10.9. The highest BCUT2D eigenvalue weighted by molar-refractivity contribution is 5.68. The summed E-state index contributed by atoms with van der Waals surface area (Å²) in [6, 6.07) is 9.82. The Hall–Kier alpha value is -1.83. The molecule has 1 aromatic rings. The van der Waals surface area contributed by atoms with Crippen LogP contribution in [0.1, 0.15) is 51.0 Å². The highest BCUT2D eigenvalue weighted by atomic mass is 16.5. The third kappa shape index (κ3) is 10.8. The molecule has 0 unspecified atom stereocenters. The molecule has 24 heavy (non-hydrogen) atoms. The van der Waals surface area contributed by atoms with E-state index in [0.717, 1.165) is 18.4 Å². The first-order chi connectivity index (χ1) is 11.7. The van der Waals surface area contributed by atoms with Crippen LogP contribution in [-0.2, 0) is 20.9 Å². The van der Waals surface area contributed by atoms with Crippen molar-refractivity contribution in [2.75, 3.05) is 13.2 Å². The summed E-state index contributed by atoms with van der Waals surface area (Å²) >= 11 is 0. The van der Waals surface area contributed by atoms with Crippen molar-refractivity contribution in [3.05, 3.63) is 35.9 Å². The average Bonchev–Trinajstić information content (AvgIpc) is 2.59. The zero-order valence-electron chi connectivity index (χ0n) is 14.5. The fourth-order valence-electron chi connectivity index (χ4n) is 2.16. The van der Waals surface area contributed by atoms with Crippen LogP contribution in [0.25, 0.3) is 0 Å². The lowest BCUT2D eigenvalue weighted by molar-refractivity contribution is -0.144. The minimum absolute atomic E-state index is 0.269. The molecule has 1 N–H and O–H groups in total. The van der Waals surface area contributed by atoms with Crippen LogP contribution in [-0.4, -0.2) is 30.4 Å². The maximum absolute atomic E-state index is 10.7. The molecule has 0 spiro atoms. The van der Waals surface area contributed by atoms with E-state index < -0.39 is 12.1 Å². The number of hydrogen-bond donors (Lipinski definition) is 1. The van der Waals surface area contributed by atoms with Crippen LogP contribution in [0.4, 0.5) is 0 Å². The predicted octanol–water partition coefficient (Wildman–Crippen LogP) is 4.04. The molecule has 0 saturated carbocycles. The van der Waals surface area contributed by atoms with E-state index in [1.54, 1.807) is 0 Å². The molecule has 0 heterocycles. The van der Waals surface area contributed by atoms with Crippen LogP contribution in [0.3, 0.4) is 0 Å². The topological polar surface area (TPSA) is 55.8 Å². The van der Waals surface area contributed by atoms with Gasteiger partial charge in [0.25, 0.3) is 0 Å². The standard InChI is InChI=1S/C20H28O4/c1-2-3-4-5-6-7-11-14-19(24-17-20(21)22)16-23-15-18-12-9-8-10-13-18/h8-10,12-13,19H,2-7,15-17H2,1H3,(H,21,22)/t19-/m1/s1. The molecular weight excluding hydrogens is 304 g/mol. The SMILES string of the molecule is CCCCCCCC#C[C@H](COCc1ccccc1)OCC(=O)O. The van der Waals surface area contributed by atoms with Crippen LogP contribution in [0.2, 0.25) is 0 Å². The molecule has 132 valence electrons. The monoisotopic (exact) mass is 332 g/mol. The molecule has 0 aliphatic heterocycles. The van der Waals surface area contributed by atoms with Gasteiger partial charge in [-0.15, -0.1) is 5.92 Å². The van der Waals surface area contributed by atoms with E-state index in [1.807, 2.05) is 30.3 Å². The summed E-state index contributed by atoms with van der Waals surface area (Å²) in [6.45, 7) is 2.57. The Bertz CT molecular complexity index is 501. The van der Waals surface area contributed by atoms with E-state index >= 15 is 0 Å². The molecule has 0 amide bonds. The number of benzene rings is 1. The average molecular weight is 332 g/mol. The second kappa shape index (κ2) is 13.6. The van der Waals surface area contributed by atoms with Crippen LogP contribution < -0.4 is 0 Å². The predicted molar refractivity (Wildman–Crippen MR) is 94.6 cm³/mol. The van der Waals surface area contributed by atoms with E-state index in [-0.39, 0.29) is 13.2 Å². The van der Waals surface area contributed by atoms with Crippen molar-refractivity contribution in [2.24, 2.45) is 0 Å². The van der Waals surface area contributed by atoms with Gasteiger partial charge < -0.3 is 14.6 Å². The molecule has 0 aromatic heterocycles. The van der Waals surface area contributed by atoms with Gasteiger partial charge in [0.2, 0.25) is 0 Å². The lowest BCUT2D eigenvalue weighted by Crippen LogP contribution is -2.22. The van der Waals surface area contributed by atoms with Gasteiger partial charge in [0, 0.05) is 6.42 Å². The highest BCUT2D eigenvalue weighted by Crippen LogP contribution is 2.05. The normalized spacial score (nSPS) is 11.5. The molecule has 1 atom stereocenters. The Labute approximate surface area is 145 Å². The van der Waals surface area contributed by atoms with E-state index in [1.165, 1.54) is 25.7 Å². The second-order valence-electron chi connectivity index (χ2n) is 5.68. The number of aliphatic carboxylic acids is 1. The summed E-state index contributed by atoms with van der Waals surface area (Å²) in [4.78, 5) is 10.7. The van der Waals surface area contributed by atoms with E-state index in [4.69, 9.17) is 14.6 Å². The number of unbranched alkanes of at least 4 members (excludes halogenated alkanes) is 5. The lowest BCUT2D eigenvalue weighted by atomic mass is 10.1. The zero-order valence-corrected chi connectivity index (χ0v) is 14.5. The minimum atomic E-state index is -0.996. The van der Waals surface area contributed by atoms with Gasteiger partial charge in [-0.1, -0.05) is 68.9 Å². The third-order valence-electron chi connectivity index (χ3n) is 3.46. The van der Waals surface area contributed by atoms with Crippen LogP contribution in [0.5, 0.6) is 0 Å². The summed E-state index contributed by atoms with van der Waals surface area (Å²) in [5.74, 6) is 5.08. The number of carboxylic acid groups (broad SMARTS) is 1. The lowest BCUT2D eigenvalue weighted by Gasteiger charge is -2.11. The van der Waals surface area contributed by atoms with Crippen LogP contribution >= 0.6 is 0 Å². The Balaban J connectivity index is 2.32. The Morgan fingerprint density at radius 3 is 2.62 bits per heavy atom. The van der Waals surface area contributed by atoms with Crippen LogP contribution in [0.15, 0.2) is 30.3 Å². The van der Waals surface area contributed by atoms with Gasteiger partial charge in [0.15, 0.2) is 0 Å². The maximum Gasteiger partial charge on any atom is 0.329 e. The maximum atomic E-state index is 10.7. The molecule has 4 nitrogen and oxygen atoms in total. The van der Waals surface area contributed by atoms with Crippen molar-refractivity contribution in [2.45, 2.75) is 58.2 Å². The van der Waals surface area contributed by atoms with E-state index in [0.29, 0.717) is 6.61 Å². The van der Waals surface area contributed by atoms with Crippen molar-refractivity contribution in [3.8, 4) is 11.8 Å². The smallest absolute Gasteiger partial charge is 0.329 e. The fraction of sp³-hybridized carbons (Fsp3) is 0.550. The van der Waals surface area contributed by atoms with Gasteiger partial charge in [-0.2, -0.15) is 0 Å². The first kappa shape index (κ1) is 20.2. The number of carbonyl (C=O) groups is 1. The minimum Gasteiger partial charge on any atom is -0.480 e. The van der Waals surface area contributed by atoms with Crippen molar-refractivity contribution in [3.63, 3.8) is 0 Å². The van der Waals surface area contributed by atoms with Crippen molar-refractivity contribution in [1.82, 2.24) is 0 Å².